The van der Waals surface area contributed by atoms with Gasteiger partial charge in [0.25, 0.3) is 5.91 Å². The maximum absolute atomic E-state index is 12.8. The summed E-state index contributed by atoms with van der Waals surface area (Å²) in [4.78, 5) is 37.4. The van der Waals surface area contributed by atoms with E-state index in [1.807, 2.05) is 52.8 Å². The fourth-order valence-electron chi connectivity index (χ4n) is 3.75. The van der Waals surface area contributed by atoms with E-state index in [0.717, 1.165) is 29.7 Å². The molecule has 154 valence electrons. The fourth-order valence-corrected chi connectivity index (χ4v) is 3.75. The van der Waals surface area contributed by atoms with Gasteiger partial charge in [-0.1, -0.05) is 31.0 Å². The Morgan fingerprint density at radius 2 is 1.61 bits per heavy atom. The van der Waals surface area contributed by atoms with E-state index in [9.17, 15) is 14.4 Å². The van der Waals surface area contributed by atoms with Crippen molar-refractivity contribution in [3.63, 3.8) is 0 Å². The molecule has 0 radical (unpaired) electrons. The smallest absolute Gasteiger partial charge is 0.313 e. The Bertz CT molecular complexity index is 723. The Balaban J connectivity index is 1.97. The third kappa shape index (κ3) is 5.81. The lowest BCUT2D eigenvalue weighted by Crippen LogP contribution is -2.44. The summed E-state index contributed by atoms with van der Waals surface area (Å²) in [6, 6.07) is 5.75. The van der Waals surface area contributed by atoms with E-state index in [0.29, 0.717) is 12.8 Å². The first-order valence-corrected chi connectivity index (χ1v) is 9.87. The second-order valence-corrected chi connectivity index (χ2v) is 8.85. The van der Waals surface area contributed by atoms with Gasteiger partial charge in [0.2, 0.25) is 5.91 Å². The molecule has 0 aliphatic heterocycles. The standard InChI is InChI=1S/C22H32N2O4/c1-15-9-8-10-16(2)19(15)23-18(26)14-28-20(27)22(11-6-7-12-22)13-17(25)24-21(3,4)5/h8-10H,6-7,11-14H2,1-5H3,(H,23,26)(H,24,25). The molecule has 1 aromatic carbocycles. The average molecular weight is 389 g/mol. The summed E-state index contributed by atoms with van der Waals surface area (Å²) >= 11 is 0. The minimum absolute atomic E-state index is 0.0988. The predicted octanol–water partition coefficient (Wildman–Crippen LogP) is 3.65. The number of nitrogens with one attached hydrogen (secondary N) is 2. The molecular weight excluding hydrogens is 356 g/mol. The van der Waals surface area contributed by atoms with Crippen molar-refractivity contribution in [1.29, 1.82) is 0 Å². The van der Waals surface area contributed by atoms with E-state index < -0.39 is 11.4 Å². The van der Waals surface area contributed by atoms with Gasteiger partial charge in [-0.15, -0.1) is 0 Å². The summed E-state index contributed by atoms with van der Waals surface area (Å²) in [5.41, 5.74) is 1.46. The van der Waals surface area contributed by atoms with Crippen molar-refractivity contribution in [1.82, 2.24) is 5.32 Å². The van der Waals surface area contributed by atoms with Gasteiger partial charge in [0.15, 0.2) is 6.61 Å². The minimum atomic E-state index is -0.825. The summed E-state index contributed by atoms with van der Waals surface area (Å²) < 4.78 is 5.34. The van der Waals surface area contributed by atoms with Gasteiger partial charge in [-0.25, -0.2) is 0 Å². The number of carbonyl (C=O) groups excluding carboxylic acids is 3. The van der Waals surface area contributed by atoms with Crippen LogP contribution in [0.2, 0.25) is 0 Å². The molecule has 1 aliphatic rings. The Hall–Kier alpha value is -2.37. The quantitative estimate of drug-likeness (QED) is 0.729. The van der Waals surface area contributed by atoms with Crippen LogP contribution in [0.1, 0.15) is 64.0 Å². The molecule has 1 aromatic rings. The predicted molar refractivity (Wildman–Crippen MR) is 109 cm³/mol. The van der Waals surface area contributed by atoms with Crippen LogP contribution in [0.25, 0.3) is 0 Å². The number of ether oxygens (including phenoxy) is 1. The van der Waals surface area contributed by atoms with Crippen molar-refractivity contribution in [2.75, 3.05) is 11.9 Å². The van der Waals surface area contributed by atoms with Crippen LogP contribution in [-0.2, 0) is 19.1 Å². The van der Waals surface area contributed by atoms with Gasteiger partial charge < -0.3 is 15.4 Å². The molecule has 0 heterocycles. The van der Waals surface area contributed by atoms with Gasteiger partial charge in [-0.05, 0) is 58.6 Å². The zero-order chi connectivity index (χ0) is 20.9. The molecule has 0 unspecified atom stereocenters. The molecule has 0 atom stereocenters. The monoisotopic (exact) mass is 388 g/mol. The number of hydrogen-bond donors (Lipinski definition) is 2. The summed E-state index contributed by atoms with van der Waals surface area (Å²) in [5.74, 6) is -0.991. The first-order valence-electron chi connectivity index (χ1n) is 9.87. The van der Waals surface area contributed by atoms with E-state index in [1.54, 1.807) is 0 Å². The number of carbonyl (C=O) groups is 3. The third-order valence-electron chi connectivity index (χ3n) is 5.09. The van der Waals surface area contributed by atoms with Crippen LogP contribution in [-0.4, -0.2) is 29.9 Å². The van der Waals surface area contributed by atoms with Crippen LogP contribution in [0.3, 0.4) is 0 Å². The third-order valence-corrected chi connectivity index (χ3v) is 5.09. The van der Waals surface area contributed by atoms with Gasteiger partial charge in [0.1, 0.15) is 0 Å². The van der Waals surface area contributed by atoms with Crippen molar-refractivity contribution < 1.29 is 19.1 Å². The summed E-state index contributed by atoms with van der Waals surface area (Å²) in [6.45, 7) is 9.19. The van der Waals surface area contributed by atoms with Gasteiger partial charge in [-0.3, -0.25) is 14.4 Å². The molecule has 6 heteroatoms. The van der Waals surface area contributed by atoms with E-state index in [4.69, 9.17) is 4.74 Å². The minimum Gasteiger partial charge on any atom is -0.455 e. The number of hydrogen-bond acceptors (Lipinski definition) is 4. The Kier molecular flexibility index (Phi) is 6.86. The van der Waals surface area contributed by atoms with Crippen molar-refractivity contribution in [3.05, 3.63) is 29.3 Å². The van der Waals surface area contributed by atoms with Crippen LogP contribution in [0.4, 0.5) is 5.69 Å². The first kappa shape index (κ1) is 21.9. The lowest BCUT2D eigenvalue weighted by Gasteiger charge is -2.28. The molecule has 1 saturated carbocycles. The second kappa shape index (κ2) is 8.76. The number of esters is 1. The maximum atomic E-state index is 12.8. The molecular formula is C22H32N2O4. The number of aryl methyl sites for hydroxylation is 2. The molecule has 1 aliphatic carbocycles. The first-order chi connectivity index (χ1) is 13.0. The fraction of sp³-hybridized carbons (Fsp3) is 0.591. The zero-order valence-corrected chi connectivity index (χ0v) is 17.6. The van der Waals surface area contributed by atoms with Crippen LogP contribution in [0.5, 0.6) is 0 Å². The van der Waals surface area contributed by atoms with Crippen molar-refractivity contribution in [3.8, 4) is 0 Å². The Morgan fingerprint density at radius 1 is 1.04 bits per heavy atom. The normalized spacial score (nSPS) is 15.8. The lowest BCUT2D eigenvalue weighted by atomic mass is 9.82. The van der Waals surface area contributed by atoms with Crippen molar-refractivity contribution >= 4 is 23.5 Å². The lowest BCUT2D eigenvalue weighted by molar-refractivity contribution is -0.160. The summed E-state index contributed by atoms with van der Waals surface area (Å²) in [6.07, 6.45) is 3.09. The van der Waals surface area contributed by atoms with Crippen molar-refractivity contribution in [2.24, 2.45) is 5.41 Å². The molecule has 28 heavy (non-hydrogen) atoms. The van der Waals surface area contributed by atoms with Gasteiger partial charge >= 0.3 is 5.97 Å². The van der Waals surface area contributed by atoms with E-state index in [-0.39, 0.29) is 30.4 Å². The molecule has 2 amide bonds. The molecule has 0 bridgehead atoms. The Labute approximate surface area is 167 Å². The van der Waals surface area contributed by atoms with Crippen LogP contribution in [0, 0.1) is 19.3 Å². The highest BCUT2D eigenvalue weighted by Crippen LogP contribution is 2.42. The van der Waals surface area contributed by atoms with Crippen LogP contribution >= 0.6 is 0 Å². The molecule has 6 nitrogen and oxygen atoms in total. The van der Waals surface area contributed by atoms with E-state index >= 15 is 0 Å². The molecule has 0 spiro atoms. The molecule has 0 saturated heterocycles. The van der Waals surface area contributed by atoms with E-state index in [2.05, 4.69) is 10.6 Å². The highest BCUT2D eigenvalue weighted by Gasteiger charge is 2.44. The van der Waals surface area contributed by atoms with Crippen LogP contribution < -0.4 is 10.6 Å². The topological polar surface area (TPSA) is 84.5 Å². The number of para-hydroxylation sites is 1. The second-order valence-electron chi connectivity index (χ2n) is 8.85. The summed E-state index contributed by atoms with van der Waals surface area (Å²) in [5, 5.41) is 5.72. The molecule has 2 N–H and O–H groups in total. The number of benzene rings is 1. The van der Waals surface area contributed by atoms with Crippen molar-refractivity contribution in [2.45, 2.75) is 72.3 Å². The van der Waals surface area contributed by atoms with Crippen LogP contribution in [0.15, 0.2) is 18.2 Å². The number of rotatable bonds is 6. The maximum Gasteiger partial charge on any atom is 0.313 e. The zero-order valence-electron chi connectivity index (χ0n) is 17.6. The molecule has 2 rings (SSSR count). The SMILES string of the molecule is Cc1cccc(C)c1NC(=O)COC(=O)C1(CC(=O)NC(C)(C)C)CCCC1. The number of amides is 2. The van der Waals surface area contributed by atoms with Gasteiger partial charge in [0.05, 0.1) is 5.41 Å². The largest absolute Gasteiger partial charge is 0.455 e. The molecule has 1 fully saturated rings. The highest BCUT2D eigenvalue weighted by atomic mass is 16.5. The average Bonchev–Trinajstić information content (AvgIpc) is 3.04. The Morgan fingerprint density at radius 3 is 2.14 bits per heavy atom. The summed E-state index contributed by atoms with van der Waals surface area (Å²) in [7, 11) is 0. The number of anilines is 1. The van der Waals surface area contributed by atoms with Gasteiger partial charge in [-0.2, -0.15) is 0 Å². The molecule has 0 aromatic heterocycles. The highest BCUT2D eigenvalue weighted by molar-refractivity contribution is 5.95. The van der Waals surface area contributed by atoms with E-state index in [1.165, 1.54) is 0 Å². The van der Waals surface area contributed by atoms with Gasteiger partial charge in [0, 0.05) is 17.6 Å².